The summed E-state index contributed by atoms with van der Waals surface area (Å²) in [5.41, 5.74) is 8.28. The Morgan fingerprint density at radius 3 is 1.90 bits per heavy atom. The first-order valence-electron chi connectivity index (χ1n) is 17.5. The van der Waals surface area contributed by atoms with Gasteiger partial charge >= 0.3 is 0 Å². The van der Waals surface area contributed by atoms with Crippen LogP contribution in [0.25, 0.3) is 76.5 Å². The van der Waals surface area contributed by atoms with Crippen molar-refractivity contribution in [2.75, 3.05) is 0 Å². The number of para-hydroxylation sites is 3. The summed E-state index contributed by atoms with van der Waals surface area (Å²) in [6.45, 7) is 0. The highest BCUT2D eigenvalue weighted by Crippen LogP contribution is 2.42. The molecule has 8 aromatic carbocycles. The summed E-state index contributed by atoms with van der Waals surface area (Å²) in [7, 11) is 0. The van der Waals surface area contributed by atoms with Gasteiger partial charge in [-0.1, -0.05) is 146 Å². The minimum atomic E-state index is -0.383. The summed E-state index contributed by atoms with van der Waals surface area (Å²) in [5, 5.41) is 12.6. The molecule has 5 heteroatoms. The van der Waals surface area contributed by atoms with Gasteiger partial charge in [-0.05, 0) is 39.7 Å². The van der Waals surface area contributed by atoms with E-state index in [0.29, 0.717) is 5.84 Å². The van der Waals surface area contributed by atoms with Crippen LogP contribution in [0.5, 0.6) is 0 Å². The molecule has 1 unspecified atom stereocenters. The van der Waals surface area contributed by atoms with Gasteiger partial charge in [-0.25, -0.2) is 9.98 Å². The Kier molecular flexibility index (Phi) is 6.25. The normalized spacial score (nSPS) is 14.7. The van der Waals surface area contributed by atoms with Crippen LogP contribution in [-0.4, -0.2) is 11.7 Å². The van der Waals surface area contributed by atoms with E-state index in [9.17, 15) is 0 Å². The zero-order chi connectivity index (χ0) is 34.2. The first kappa shape index (κ1) is 28.8. The third-order valence-corrected chi connectivity index (χ3v) is 10.3. The van der Waals surface area contributed by atoms with Crippen molar-refractivity contribution in [1.82, 2.24) is 5.32 Å². The largest absolute Gasteiger partial charge is 0.455 e. The van der Waals surface area contributed by atoms with Gasteiger partial charge in [0.05, 0.1) is 0 Å². The van der Waals surface area contributed by atoms with Crippen LogP contribution in [0.1, 0.15) is 22.9 Å². The molecule has 0 fully saturated rings. The molecular weight excluding hydrogens is 639 g/mol. The molecule has 0 saturated carbocycles. The van der Waals surface area contributed by atoms with E-state index < -0.39 is 0 Å². The lowest BCUT2D eigenvalue weighted by molar-refractivity contribution is 0.665. The summed E-state index contributed by atoms with van der Waals surface area (Å²) < 4.78 is 13.2. The monoisotopic (exact) mass is 667 g/mol. The predicted octanol–water partition coefficient (Wildman–Crippen LogP) is 12.0. The van der Waals surface area contributed by atoms with E-state index in [1.807, 2.05) is 48.5 Å². The predicted molar refractivity (Wildman–Crippen MR) is 213 cm³/mol. The van der Waals surface area contributed by atoms with Gasteiger partial charge in [0.25, 0.3) is 0 Å². The molecule has 0 bridgehead atoms. The Morgan fingerprint density at radius 1 is 0.462 bits per heavy atom. The van der Waals surface area contributed by atoms with Gasteiger partial charge in [0.2, 0.25) is 0 Å². The Bertz CT molecular complexity index is 3110. The highest BCUT2D eigenvalue weighted by molar-refractivity contribution is 6.24. The summed E-state index contributed by atoms with van der Waals surface area (Å²) in [4.78, 5) is 10.6. The van der Waals surface area contributed by atoms with Gasteiger partial charge in [0.1, 0.15) is 34.3 Å². The van der Waals surface area contributed by atoms with Crippen LogP contribution in [0.2, 0.25) is 0 Å². The molecule has 1 aliphatic heterocycles. The molecule has 1 atom stereocenters. The first-order chi connectivity index (χ1) is 25.8. The first-order valence-corrected chi connectivity index (χ1v) is 17.5. The number of hydrogen-bond acceptors (Lipinski definition) is 5. The van der Waals surface area contributed by atoms with Gasteiger partial charge in [-0.15, -0.1) is 0 Å². The molecule has 0 saturated heterocycles. The average molecular weight is 668 g/mol. The number of nitrogens with one attached hydrogen (secondary N) is 1. The number of nitrogens with zero attached hydrogens (tertiary/aromatic N) is 2. The average Bonchev–Trinajstić information content (AvgIpc) is 3.80. The second-order valence-corrected chi connectivity index (χ2v) is 13.3. The second kappa shape index (κ2) is 11.3. The lowest BCUT2D eigenvalue weighted by Gasteiger charge is -2.25. The molecule has 1 N–H and O–H groups in total. The minimum Gasteiger partial charge on any atom is -0.455 e. The quantitative estimate of drug-likeness (QED) is 0.190. The van der Waals surface area contributed by atoms with Crippen LogP contribution < -0.4 is 5.32 Å². The van der Waals surface area contributed by atoms with E-state index in [-0.39, 0.29) is 6.17 Å². The van der Waals surface area contributed by atoms with Crippen LogP contribution in [0.4, 0.5) is 0 Å². The van der Waals surface area contributed by atoms with E-state index >= 15 is 0 Å². The molecule has 0 amide bonds. The zero-order valence-corrected chi connectivity index (χ0v) is 27.9. The van der Waals surface area contributed by atoms with E-state index in [0.717, 1.165) is 82.9 Å². The maximum absolute atomic E-state index is 6.76. The number of furan rings is 2. The van der Waals surface area contributed by atoms with Crippen molar-refractivity contribution < 1.29 is 8.83 Å². The fraction of sp³-hybridized carbons (Fsp3) is 0.0213. The number of benzene rings is 8. The Hall–Kier alpha value is -6.98. The van der Waals surface area contributed by atoms with E-state index in [1.54, 1.807) is 0 Å². The van der Waals surface area contributed by atoms with Crippen molar-refractivity contribution in [3.05, 3.63) is 180 Å². The lowest BCUT2D eigenvalue weighted by Crippen LogP contribution is -2.33. The molecule has 11 rings (SSSR count). The van der Waals surface area contributed by atoms with E-state index in [2.05, 4.69) is 121 Å². The number of amidine groups is 2. The van der Waals surface area contributed by atoms with Crippen molar-refractivity contribution in [2.24, 2.45) is 9.98 Å². The Morgan fingerprint density at radius 2 is 1.06 bits per heavy atom. The maximum atomic E-state index is 6.76. The molecule has 0 radical (unpaired) electrons. The van der Waals surface area contributed by atoms with Crippen molar-refractivity contribution >= 4 is 77.1 Å². The molecule has 0 aliphatic carbocycles. The fourth-order valence-electron chi connectivity index (χ4n) is 7.99. The third-order valence-electron chi connectivity index (χ3n) is 10.3. The number of rotatable bonds is 4. The van der Waals surface area contributed by atoms with Gasteiger partial charge in [0.15, 0.2) is 5.84 Å². The van der Waals surface area contributed by atoms with Gasteiger partial charge in [0, 0.05) is 49.4 Å². The van der Waals surface area contributed by atoms with Crippen molar-refractivity contribution in [3.8, 4) is 11.1 Å². The van der Waals surface area contributed by atoms with Crippen molar-refractivity contribution in [3.63, 3.8) is 0 Å². The Balaban J connectivity index is 1.14. The van der Waals surface area contributed by atoms with Gasteiger partial charge < -0.3 is 14.2 Å². The SMILES string of the molecule is c1ccc(C2=NC(c3cccc4oc5c(-c6cccc7c6oc6ccccc67)cccc5c34)=NC(c3cc4ccccc4c4ccccc34)N2)cc1. The summed E-state index contributed by atoms with van der Waals surface area (Å²) in [6.07, 6.45) is -0.383. The van der Waals surface area contributed by atoms with E-state index in [4.69, 9.17) is 18.8 Å². The molecule has 10 aromatic rings. The topological polar surface area (TPSA) is 63.0 Å². The fourth-order valence-corrected chi connectivity index (χ4v) is 7.99. The summed E-state index contributed by atoms with van der Waals surface area (Å²) >= 11 is 0. The van der Waals surface area contributed by atoms with Crippen LogP contribution >= 0.6 is 0 Å². The molecule has 0 spiro atoms. The van der Waals surface area contributed by atoms with Crippen LogP contribution in [0.3, 0.4) is 0 Å². The number of fused-ring (bicyclic) bond motifs is 9. The Labute approximate surface area is 298 Å². The lowest BCUT2D eigenvalue weighted by atomic mass is 9.95. The number of aliphatic imine (C=N–C) groups is 2. The summed E-state index contributed by atoms with van der Waals surface area (Å²) in [5.74, 6) is 1.42. The minimum absolute atomic E-state index is 0.383. The van der Waals surface area contributed by atoms with Crippen LogP contribution in [0.15, 0.2) is 183 Å². The second-order valence-electron chi connectivity index (χ2n) is 13.3. The van der Waals surface area contributed by atoms with Gasteiger partial charge in [-0.2, -0.15) is 0 Å². The molecule has 244 valence electrons. The molecule has 3 heterocycles. The molecule has 2 aromatic heterocycles. The van der Waals surface area contributed by atoms with Crippen molar-refractivity contribution in [2.45, 2.75) is 6.17 Å². The molecule has 52 heavy (non-hydrogen) atoms. The standard InChI is InChI=1S/C47H29N3O2/c1-2-13-28(14-3-1)45-48-46(50-47(49-45)39-27-29-15-4-5-16-30(29)31-17-6-7-18-32(31)39)38-24-12-26-41-42(38)37-23-11-22-36(44(37)52-41)35-21-10-20-34-33-19-8-9-25-40(33)51-43(34)35/h1-27,47H,(H,48,49,50). The molecule has 5 nitrogen and oxygen atoms in total. The molecule has 1 aliphatic rings. The van der Waals surface area contributed by atoms with Gasteiger partial charge in [-0.3, -0.25) is 0 Å². The highest BCUT2D eigenvalue weighted by Gasteiger charge is 2.26. The maximum Gasteiger partial charge on any atom is 0.160 e. The highest BCUT2D eigenvalue weighted by atomic mass is 16.3. The van der Waals surface area contributed by atoms with E-state index in [1.165, 1.54) is 16.2 Å². The zero-order valence-electron chi connectivity index (χ0n) is 27.9. The number of hydrogen-bond donors (Lipinski definition) is 1. The van der Waals surface area contributed by atoms with Crippen LogP contribution in [-0.2, 0) is 0 Å². The third kappa shape index (κ3) is 4.36. The smallest absolute Gasteiger partial charge is 0.160 e. The van der Waals surface area contributed by atoms with Crippen molar-refractivity contribution in [1.29, 1.82) is 0 Å². The molecular formula is C47H29N3O2. The summed E-state index contributed by atoms with van der Waals surface area (Å²) in [6, 6.07) is 56.7. The van der Waals surface area contributed by atoms with Crippen LogP contribution in [0, 0.1) is 0 Å².